The number of carbonyl (C=O) groups excluding carboxylic acids is 1. The Morgan fingerprint density at radius 1 is 1.00 bits per heavy atom. The Morgan fingerprint density at radius 3 is 2.31 bits per heavy atom. The van der Waals surface area contributed by atoms with Crippen molar-refractivity contribution in [1.82, 2.24) is 0 Å². The number of anilines is 3. The fraction of sp³-hybridized carbons (Fsp3) is 0.296. The summed E-state index contributed by atoms with van der Waals surface area (Å²) in [7, 11) is 0. The summed E-state index contributed by atoms with van der Waals surface area (Å²) in [6, 6.07) is 25.8. The molecule has 3 aromatic carbocycles. The Kier molecular flexibility index (Phi) is 7.07. The highest BCUT2D eigenvalue weighted by atomic mass is 16.5. The van der Waals surface area contributed by atoms with Gasteiger partial charge in [0.15, 0.2) is 0 Å². The minimum absolute atomic E-state index is 0.146. The van der Waals surface area contributed by atoms with Gasteiger partial charge in [-0.2, -0.15) is 0 Å². The normalized spacial score (nSPS) is 15.5. The van der Waals surface area contributed by atoms with Crippen molar-refractivity contribution < 1.29 is 14.3 Å². The molecule has 1 amide bonds. The zero-order valence-corrected chi connectivity index (χ0v) is 18.7. The average Bonchev–Trinajstić information content (AvgIpc) is 3.34. The van der Waals surface area contributed by atoms with Crippen LogP contribution in [-0.4, -0.2) is 31.3 Å². The number of ether oxygens (including phenoxy) is 2. The van der Waals surface area contributed by atoms with Gasteiger partial charge in [0.2, 0.25) is 0 Å². The predicted molar refractivity (Wildman–Crippen MR) is 129 cm³/mol. The van der Waals surface area contributed by atoms with Crippen molar-refractivity contribution >= 4 is 23.0 Å². The highest BCUT2D eigenvalue weighted by molar-refractivity contribution is 6.04. The molecule has 0 unspecified atom stereocenters. The summed E-state index contributed by atoms with van der Waals surface area (Å²) >= 11 is 0. The van der Waals surface area contributed by atoms with E-state index in [2.05, 4.69) is 36.2 Å². The molecule has 1 aliphatic heterocycles. The SMILES string of the molecule is CC(C)N(c1ccccc1)c1ccc(NC(=O)c2ccc(OC[C@@H]3CCCO3)cc2)cc1. The van der Waals surface area contributed by atoms with E-state index in [1.807, 2.05) is 54.6 Å². The van der Waals surface area contributed by atoms with Crippen LogP contribution in [0.3, 0.4) is 0 Å². The van der Waals surface area contributed by atoms with E-state index in [1.165, 1.54) is 0 Å². The first kappa shape index (κ1) is 21.9. The van der Waals surface area contributed by atoms with Gasteiger partial charge < -0.3 is 19.7 Å². The van der Waals surface area contributed by atoms with Crippen LogP contribution in [0.1, 0.15) is 37.0 Å². The van der Waals surface area contributed by atoms with E-state index in [1.54, 1.807) is 12.1 Å². The van der Waals surface area contributed by atoms with Crippen LogP contribution in [0.2, 0.25) is 0 Å². The first-order valence-corrected chi connectivity index (χ1v) is 11.2. The largest absolute Gasteiger partial charge is 0.491 e. The lowest BCUT2D eigenvalue weighted by Crippen LogP contribution is -2.25. The Morgan fingerprint density at radius 2 is 1.69 bits per heavy atom. The predicted octanol–water partition coefficient (Wildman–Crippen LogP) is 6.04. The van der Waals surface area contributed by atoms with E-state index in [0.29, 0.717) is 18.2 Å². The number of hydrogen-bond acceptors (Lipinski definition) is 4. The van der Waals surface area contributed by atoms with E-state index in [0.717, 1.165) is 42.3 Å². The third-order valence-corrected chi connectivity index (χ3v) is 5.53. The van der Waals surface area contributed by atoms with Gasteiger partial charge in [-0.15, -0.1) is 0 Å². The summed E-state index contributed by atoms with van der Waals surface area (Å²) in [6.07, 6.45) is 2.31. The van der Waals surface area contributed by atoms with E-state index < -0.39 is 0 Å². The molecule has 1 N–H and O–H groups in total. The molecule has 1 fully saturated rings. The first-order valence-electron chi connectivity index (χ1n) is 11.2. The molecule has 4 rings (SSSR count). The fourth-order valence-corrected chi connectivity index (χ4v) is 3.91. The van der Waals surface area contributed by atoms with Gasteiger partial charge in [0.25, 0.3) is 5.91 Å². The van der Waals surface area contributed by atoms with Gasteiger partial charge in [-0.25, -0.2) is 0 Å². The lowest BCUT2D eigenvalue weighted by molar-refractivity contribution is 0.0679. The van der Waals surface area contributed by atoms with Crippen molar-refractivity contribution in [3.05, 3.63) is 84.4 Å². The Hall–Kier alpha value is -3.31. The van der Waals surface area contributed by atoms with E-state index in [4.69, 9.17) is 9.47 Å². The molecule has 166 valence electrons. The summed E-state index contributed by atoms with van der Waals surface area (Å²) < 4.78 is 11.3. The molecule has 1 atom stereocenters. The van der Waals surface area contributed by atoms with Crippen LogP contribution in [0.4, 0.5) is 17.1 Å². The molecule has 5 nitrogen and oxygen atoms in total. The maximum absolute atomic E-state index is 12.7. The zero-order chi connectivity index (χ0) is 22.3. The molecule has 0 bridgehead atoms. The van der Waals surface area contributed by atoms with Crippen LogP contribution in [0.25, 0.3) is 0 Å². The molecule has 3 aromatic rings. The van der Waals surface area contributed by atoms with Crippen molar-refractivity contribution in [2.75, 3.05) is 23.4 Å². The minimum atomic E-state index is -0.146. The fourth-order valence-electron chi connectivity index (χ4n) is 3.91. The van der Waals surface area contributed by atoms with Gasteiger partial charge in [0, 0.05) is 35.3 Å². The quantitative estimate of drug-likeness (QED) is 0.473. The molecule has 0 aromatic heterocycles. The van der Waals surface area contributed by atoms with E-state index >= 15 is 0 Å². The van der Waals surface area contributed by atoms with Crippen LogP contribution in [0.5, 0.6) is 5.75 Å². The van der Waals surface area contributed by atoms with Crippen molar-refractivity contribution in [3.63, 3.8) is 0 Å². The van der Waals surface area contributed by atoms with E-state index in [9.17, 15) is 4.79 Å². The van der Waals surface area contributed by atoms with Crippen LogP contribution >= 0.6 is 0 Å². The van der Waals surface area contributed by atoms with Gasteiger partial charge in [-0.1, -0.05) is 18.2 Å². The molecule has 0 aliphatic carbocycles. The van der Waals surface area contributed by atoms with E-state index in [-0.39, 0.29) is 12.0 Å². The van der Waals surface area contributed by atoms with Crippen LogP contribution in [0, 0.1) is 0 Å². The zero-order valence-electron chi connectivity index (χ0n) is 18.7. The summed E-state index contributed by atoms with van der Waals surface area (Å²) in [5, 5.41) is 2.97. The third kappa shape index (κ3) is 5.48. The smallest absolute Gasteiger partial charge is 0.255 e. The number of rotatable bonds is 8. The number of nitrogens with zero attached hydrogens (tertiary/aromatic N) is 1. The standard InChI is InChI=1S/C27H30N2O3/c1-20(2)29(23-7-4-3-5-8-23)24-14-12-22(13-15-24)28-27(30)21-10-16-25(17-11-21)32-19-26-9-6-18-31-26/h3-5,7-8,10-17,20,26H,6,9,18-19H2,1-2H3,(H,28,30)/t26-/m0/s1. The molecule has 0 radical (unpaired) electrons. The molecule has 1 heterocycles. The maximum atomic E-state index is 12.7. The number of nitrogens with one attached hydrogen (secondary N) is 1. The summed E-state index contributed by atoms with van der Waals surface area (Å²) in [4.78, 5) is 14.9. The Labute approximate surface area is 190 Å². The lowest BCUT2D eigenvalue weighted by Gasteiger charge is -2.29. The highest BCUT2D eigenvalue weighted by Gasteiger charge is 2.16. The Balaban J connectivity index is 1.37. The van der Waals surface area contributed by atoms with Crippen molar-refractivity contribution in [2.24, 2.45) is 0 Å². The topological polar surface area (TPSA) is 50.8 Å². The summed E-state index contributed by atoms with van der Waals surface area (Å²) in [5.41, 5.74) is 3.57. The lowest BCUT2D eigenvalue weighted by atomic mass is 10.1. The second-order valence-electron chi connectivity index (χ2n) is 8.27. The van der Waals surface area contributed by atoms with Gasteiger partial charge in [0.1, 0.15) is 12.4 Å². The number of carbonyl (C=O) groups is 1. The van der Waals surface area contributed by atoms with Gasteiger partial charge in [-0.3, -0.25) is 4.79 Å². The van der Waals surface area contributed by atoms with Gasteiger partial charge in [-0.05, 0) is 87.4 Å². The van der Waals surface area contributed by atoms with Crippen LogP contribution in [0.15, 0.2) is 78.9 Å². The molecule has 0 spiro atoms. The average molecular weight is 431 g/mol. The minimum Gasteiger partial charge on any atom is -0.491 e. The van der Waals surface area contributed by atoms with Crippen molar-refractivity contribution in [3.8, 4) is 5.75 Å². The molecule has 1 saturated heterocycles. The molecule has 5 heteroatoms. The number of amides is 1. The van der Waals surface area contributed by atoms with Crippen LogP contribution < -0.4 is 15.0 Å². The molecular formula is C27H30N2O3. The van der Waals surface area contributed by atoms with Crippen molar-refractivity contribution in [1.29, 1.82) is 0 Å². The molecule has 1 aliphatic rings. The Bertz CT molecular complexity index is 995. The molecule has 0 saturated carbocycles. The maximum Gasteiger partial charge on any atom is 0.255 e. The second kappa shape index (κ2) is 10.3. The van der Waals surface area contributed by atoms with Crippen LogP contribution in [-0.2, 0) is 4.74 Å². The summed E-state index contributed by atoms with van der Waals surface area (Å²) in [6.45, 7) is 5.69. The third-order valence-electron chi connectivity index (χ3n) is 5.53. The highest BCUT2D eigenvalue weighted by Crippen LogP contribution is 2.29. The molecular weight excluding hydrogens is 400 g/mol. The van der Waals surface area contributed by atoms with Crippen molar-refractivity contribution in [2.45, 2.75) is 38.8 Å². The van der Waals surface area contributed by atoms with Gasteiger partial charge >= 0.3 is 0 Å². The summed E-state index contributed by atoms with van der Waals surface area (Å²) in [5.74, 6) is 0.600. The molecule has 32 heavy (non-hydrogen) atoms. The number of hydrogen-bond donors (Lipinski definition) is 1. The van der Waals surface area contributed by atoms with Gasteiger partial charge in [0.05, 0.1) is 6.10 Å². The second-order valence-corrected chi connectivity index (χ2v) is 8.27. The number of benzene rings is 3. The monoisotopic (exact) mass is 430 g/mol. The number of para-hydroxylation sites is 1. The first-order chi connectivity index (χ1) is 15.6.